The molecule has 0 atom stereocenters. The Morgan fingerprint density at radius 2 is 0.731 bits per heavy atom. The van der Waals surface area contributed by atoms with Gasteiger partial charge in [0.1, 0.15) is 0 Å². The molecule has 0 nitrogen and oxygen atoms in total. The molecule has 0 radical (unpaired) electrons. The number of hydrogen-bond donors (Lipinski definition) is 0. The fraction of sp³-hybridized carbons (Fsp3) is 0.667. The molecule has 148 valence electrons. The van der Waals surface area contributed by atoms with Crippen molar-refractivity contribution in [2.24, 2.45) is 0 Å². The lowest BCUT2D eigenvalue weighted by Crippen LogP contribution is -2.30. The standard InChI is InChI=1S/C24H42P2/c1-21(2,3)25(22(4,5)6)17-19-15-13-14-16-20(19)18-26(23(7,8)9)24(10,11)12/h13-18H,1-12H3/b19-17-,20-18+. The number of hydrogen-bond acceptors (Lipinski definition) is 0. The molecule has 0 saturated carbocycles. The summed E-state index contributed by atoms with van der Waals surface area (Å²) < 4.78 is 0. The maximum absolute atomic E-state index is 2.60. The largest absolute Gasteiger partial charge is 0.0715 e. The first-order valence-corrected chi connectivity index (χ1v) is 12.6. The van der Waals surface area contributed by atoms with Crippen molar-refractivity contribution in [2.75, 3.05) is 0 Å². The topological polar surface area (TPSA) is 0 Å². The third-order valence-corrected chi connectivity index (χ3v) is 11.3. The molecule has 0 heterocycles. The first-order chi connectivity index (χ1) is 11.4. The third kappa shape index (κ3) is 6.77. The predicted molar refractivity (Wildman–Crippen MR) is 127 cm³/mol. The van der Waals surface area contributed by atoms with Gasteiger partial charge in [-0.1, -0.05) is 135 Å². The van der Waals surface area contributed by atoms with Gasteiger partial charge in [-0.2, -0.15) is 0 Å². The SMILES string of the molecule is CC(C)(C)P(/C=c1/cccc/c1=C\P(C(C)(C)C)C(C)(C)C)C(C)(C)C. The van der Waals surface area contributed by atoms with Crippen LogP contribution in [0.5, 0.6) is 0 Å². The lowest BCUT2D eigenvalue weighted by molar-refractivity contribution is 0.715. The van der Waals surface area contributed by atoms with Gasteiger partial charge in [-0.05, 0) is 31.1 Å². The molecule has 0 unspecified atom stereocenters. The van der Waals surface area contributed by atoms with Gasteiger partial charge in [0.05, 0.1) is 0 Å². The summed E-state index contributed by atoms with van der Waals surface area (Å²) in [4.78, 5) is 0. The Kier molecular flexibility index (Phi) is 7.39. The quantitative estimate of drug-likeness (QED) is 0.463. The lowest BCUT2D eigenvalue weighted by atomic mass is 10.2. The van der Waals surface area contributed by atoms with Crippen molar-refractivity contribution in [2.45, 2.75) is 104 Å². The molecule has 1 aromatic rings. The Morgan fingerprint density at radius 3 is 0.923 bits per heavy atom. The van der Waals surface area contributed by atoms with Crippen LogP contribution in [-0.2, 0) is 0 Å². The van der Waals surface area contributed by atoms with Gasteiger partial charge >= 0.3 is 0 Å². The van der Waals surface area contributed by atoms with Crippen molar-refractivity contribution >= 4 is 27.5 Å². The van der Waals surface area contributed by atoms with Crippen molar-refractivity contribution in [3.8, 4) is 0 Å². The average Bonchev–Trinajstić information content (AvgIpc) is 2.38. The Labute approximate surface area is 166 Å². The summed E-state index contributed by atoms with van der Waals surface area (Å²) >= 11 is 0. The maximum Gasteiger partial charge on any atom is -0.0140 e. The van der Waals surface area contributed by atoms with Crippen LogP contribution in [0.15, 0.2) is 24.3 Å². The third-order valence-electron chi connectivity index (χ3n) is 4.42. The molecule has 0 spiro atoms. The zero-order valence-electron chi connectivity index (χ0n) is 19.4. The van der Waals surface area contributed by atoms with Gasteiger partial charge in [0.25, 0.3) is 0 Å². The minimum absolute atomic E-state index is 0.254. The summed E-state index contributed by atoms with van der Waals surface area (Å²) in [5.74, 6) is 5.19. The second kappa shape index (κ2) is 8.05. The van der Waals surface area contributed by atoms with Crippen molar-refractivity contribution in [3.63, 3.8) is 0 Å². The fourth-order valence-corrected chi connectivity index (χ4v) is 10.4. The lowest BCUT2D eigenvalue weighted by Gasteiger charge is -2.40. The first-order valence-electron chi connectivity index (χ1n) is 9.82. The molecule has 26 heavy (non-hydrogen) atoms. The molecular weight excluding hydrogens is 350 g/mol. The monoisotopic (exact) mass is 392 g/mol. The van der Waals surface area contributed by atoms with E-state index in [1.165, 1.54) is 10.4 Å². The van der Waals surface area contributed by atoms with Gasteiger partial charge < -0.3 is 0 Å². The van der Waals surface area contributed by atoms with E-state index in [2.05, 4.69) is 119 Å². The molecule has 0 saturated heterocycles. The molecular formula is C24H42P2. The van der Waals surface area contributed by atoms with Crippen LogP contribution in [0.25, 0.3) is 11.6 Å². The molecule has 0 N–H and O–H groups in total. The zero-order valence-corrected chi connectivity index (χ0v) is 21.1. The summed E-state index contributed by atoms with van der Waals surface area (Å²) in [6.45, 7) is 28.7. The summed E-state index contributed by atoms with van der Waals surface area (Å²) in [6, 6.07) is 9.02. The highest BCUT2D eigenvalue weighted by Crippen LogP contribution is 2.61. The van der Waals surface area contributed by atoms with Crippen LogP contribution < -0.4 is 10.4 Å². The second-order valence-corrected chi connectivity index (χ2v) is 18.7. The van der Waals surface area contributed by atoms with E-state index in [4.69, 9.17) is 0 Å². The van der Waals surface area contributed by atoms with E-state index in [-0.39, 0.29) is 15.8 Å². The first kappa shape index (κ1) is 23.9. The van der Waals surface area contributed by atoms with Crippen LogP contribution in [0, 0.1) is 0 Å². The molecule has 0 fully saturated rings. The van der Waals surface area contributed by atoms with E-state index in [0.717, 1.165) is 0 Å². The molecule has 0 aliphatic carbocycles. The number of rotatable bonds is 2. The van der Waals surface area contributed by atoms with Crippen LogP contribution in [0.1, 0.15) is 83.1 Å². The smallest absolute Gasteiger partial charge is 0.0140 e. The minimum atomic E-state index is -0.254. The molecule has 2 heteroatoms. The maximum atomic E-state index is 2.60. The summed E-state index contributed by atoms with van der Waals surface area (Å²) in [5, 5.41) is 4.06. The Hall–Kier alpha value is -0.180. The van der Waals surface area contributed by atoms with Gasteiger partial charge in [-0.3, -0.25) is 0 Å². The van der Waals surface area contributed by atoms with Crippen LogP contribution in [0.4, 0.5) is 0 Å². The Morgan fingerprint density at radius 1 is 0.500 bits per heavy atom. The summed E-state index contributed by atoms with van der Waals surface area (Å²) in [6.07, 6.45) is 0. The van der Waals surface area contributed by atoms with E-state index in [0.29, 0.717) is 20.6 Å². The molecule has 0 bridgehead atoms. The summed E-state index contributed by atoms with van der Waals surface area (Å²) in [7, 11) is -0.508. The van der Waals surface area contributed by atoms with E-state index < -0.39 is 0 Å². The van der Waals surface area contributed by atoms with Crippen molar-refractivity contribution in [3.05, 3.63) is 34.7 Å². The van der Waals surface area contributed by atoms with E-state index in [1.807, 2.05) is 0 Å². The second-order valence-electron chi connectivity index (χ2n) is 11.3. The molecule has 0 amide bonds. The highest BCUT2D eigenvalue weighted by atomic mass is 31.1. The summed E-state index contributed by atoms with van der Waals surface area (Å²) in [5.41, 5.74) is 0. The van der Waals surface area contributed by atoms with Crippen LogP contribution in [-0.4, -0.2) is 20.6 Å². The van der Waals surface area contributed by atoms with E-state index in [1.54, 1.807) is 0 Å². The van der Waals surface area contributed by atoms with Crippen LogP contribution in [0.3, 0.4) is 0 Å². The fourth-order valence-electron chi connectivity index (χ4n) is 3.81. The molecule has 0 aliphatic rings. The minimum Gasteiger partial charge on any atom is -0.0715 e. The Balaban J connectivity index is 3.70. The van der Waals surface area contributed by atoms with Crippen molar-refractivity contribution in [1.82, 2.24) is 0 Å². The highest BCUT2D eigenvalue weighted by molar-refractivity contribution is 7.69. The Bertz CT molecular complexity index is 610. The van der Waals surface area contributed by atoms with Crippen LogP contribution in [0.2, 0.25) is 0 Å². The van der Waals surface area contributed by atoms with E-state index in [9.17, 15) is 0 Å². The molecule has 0 aliphatic heterocycles. The van der Waals surface area contributed by atoms with Crippen LogP contribution >= 0.6 is 15.8 Å². The van der Waals surface area contributed by atoms with Crippen molar-refractivity contribution in [1.29, 1.82) is 0 Å². The normalized spacial score (nSPS) is 16.1. The van der Waals surface area contributed by atoms with Gasteiger partial charge in [0, 0.05) is 0 Å². The van der Waals surface area contributed by atoms with Gasteiger partial charge in [0.15, 0.2) is 0 Å². The van der Waals surface area contributed by atoms with Gasteiger partial charge in [-0.25, -0.2) is 0 Å². The number of benzene rings is 1. The molecule has 1 aromatic carbocycles. The predicted octanol–water partition coefficient (Wildman–Crippen LogP) is 7.32. The van der Waals surface area contributed by atoms with Gasteiger partial charge in [-0.15, -0.1) is 0 Å². The van der Waals surface area contributed by atoms with Gasteiger partial charge in [0.2, 0.25) is 0 Å². The molecule has 1 rings (SSSR count). The zero-order chi connectivity index (χ0) is 20.6. The van der Waals surface area contributed by atoms with E-state index >= 15 is 0 Å². The highest BCUT2D eigenvalue weighted by Gasteiger charge is 2.33. The van der Waals surface area contributed by atoms with Crippen molar-refractivity contribution < 1.29 is 0 Å². The average molecular weight is 393 g/mol. The molecule has 0 aromatic heterocycles.